The normalized spacial score (nSPS) is 16.6. The molecule has 0 unspecified atom stereocenters. The molecule has 0 spiro atoms. The molecule has 0 atom stereocenters. The Morgan fingerprint density at radius 3 is 1.81 bits per heavy atom. The Balaban J connectivity index is 1.21. The number of anilines is 4. The number of pyridine rings is 1. The number of aryl methyl sites for hydroxylation is 2. The molecule has 0 radical (unpaired) electrons. The summed E-state index contributed by atoms with van der Waals surface area (Å²) in [5.74, 6) is 0.392. The third-order valence-corrected chi connectivity index (χ3v) is 12.0. The van der Waals surface area contributed by atoms with Crippen molar-refractivity contribution in [3.05, 3.63) is 203 Å². The summed E-state index contributed by atoms with van der Waals surface area (Å²) in [6, 6.07) is 13.3. The fraction of sp³-hybridized carbons (Fsp3) is 0.203. The molecular weight excluding hydrogens is 765 g/mol. The molecule has 0 fully saturated rings. The lowest BCUT2D eigenvalue weighted by atomic mass is 9.85. The second kappa shape index (κ2) is 15.5. The van der Waals surface area contributed by atoms with Gasteiger partial charge in [0.15, 0.2) is 0 Å². The zero-order valence-corrected chi connectivity index (χ0v) is 36.6. The van der Waals surface area contributed by atoms with Crippen molar-refractivity contribution in [3.8, 4) is 28.1 Å². The quantitative estimate of drug-likeness (QED) is 0.160. The number of fused-ring (bicyclic) bond motifs is 4. The fourth-order valence-electron chi connectivity index (χ4n) is 8.48. The molecule has 312 valence electrons. The Kier molecular flexibility index (Phi) is 6.35. The summed E-state index contributed by atoms with van der Waals surface area (Å²) in [5.41, 5.74) is 7.06. The minimum absolute atomic E-state index is 0.0285. The van der Waals surface area contributed by atoms with Crippen molar-refractivity contribution >= 4 is 44.6 Å². The van der Waals surface area contributed by atoms with Crippen LogP contribution in [0.4, 0.5) is 22.7 Å². The largest absolute Gasteiger partial charge is 0.321 e. The van der Waals surface area contributed by atoms with Crippen molar-refractivity contribution in [2.75, 3.05) is 16.5 Å². The molecule has 0 amide bonds. The summed E-state index contributed by atoms with van der Waals surface area (Å²) in [6.45, 7) is 16.4. The van der Waals surface area contributed by atoms with Gasteiger partial charge in [-0.25, -0.2) is 4.98 Å². The third kappa shape index (κ3) is 7.38. The molecule has 1 aliphatic heterocycles. The first kappa shape index (κ1) is 25.9. The number of hydrogen-bond acceptors (Lipinski definition) is 3. The lowest BCUT2D eigenvalue weighted by Gasteiger charge is -2.28. The van der Waals surface area contributed by atoms with Gasteiger partial charge in [-0.15, -0.1) is 0 Å². The van der Waals surface area contributed by atoms with Crippen LogP contribution in [0.15, 0.2) is 170 Å². The van der Waals surface area contributed by atoms with Gasteiger partial charge in [-0.2, -0.15) is 0 Å². The van der Waals surface area contributed by atoms with Crippen molar-refractivity contribution in [1.82, 2.24) is 9.55 Å². The maximum atomic E-state index is 9.61. The van der Waals surface area contributed by atoms with Crippen LogP contribution in [0.2, 0.25) is 0 Å². The lowest BCUT2D eigenvalue weighted by molar-refractivity contribution is 0.588. The summed E-state index contributed by atoms with van der Waals surface area (Å²) in [5, 5.41) is 0.325. The van der Waals surface area contributed by atoms with Gasteiger partial charge in [0.2, 0.25) is 0 Å². The van der Waals surface area contributed by atoms with Crippen LogP contribution in [0, 0.1) is 13.8 Å². The van der Waals surface area contributed by atoms with Gasteiger partial charge in [-0.1, -0.05) is 156 Å². The number of benzene rings is 7. The summed E-state index contributed by atoms with van der Waals surface area (Å²) in [7, 11) is 0. The lowest BCUT2D eigenvalue weighted by Crippen LogP contribution is -2.25. The van der Waals surface area contributed by atoms with Crippen molar-refractivity contribution in [2.24, 2.45) is 0 Å². The fourth-order valence-corrected chi connectivity index (χ4v) is 8.48. The highest BCUT2D eigenvalue weighted by Crippen LogP contribution is 2.51. The number of para-hydroxylation sites is 2. The highest BCUT2D eigenvalue weighted by Gasteiger charge is 2.33. The molecule has 0 saturated carbocycles. The predicted molar refractivity (Wildman–Crippen MR) is 268 cm³/mol. The van der Waals surface area contributed by atoms with Crippen LogP contribution in [-0.4, -0.2) is 16.2 Å². The van der Waals surface area contributed by atoms with E-state index in [0.29, 0.717) is 34.0 Å². The van der Waals surface area contributed by atoms with E-state index in [4.69, 9.17) is 17.3 Å². The van der Waals surface area contributed by atoms with Crippen LogP contribution < -0.4 is 9.80 Å². The maximum Gasteiger partial charge on any atom is 0.137 e. The summed E-state index contributed by atoms with van der Waals surface area (Å²) in [4.78, 5) is 8.69. The summed E-state index contributed by atoms with van der Waals surface area (Å²) in [6.07, 6.45) is 1.80. The highest BCUT2D eigenvalue weighted by atomic mass is 15.4. The van der Waals surface area contributed by atoms with Crippen LogP contribution in [0.5, 0.6) is 0 Å². The third-order valence-electron chi connectivity index (χ3n) is 12.0. The van der Waals surface area contributed by atoms with Crippen molar-refractivity contribution in [3.63, 3.8) is 0 Å². The number of rotatable bonds is 7. The molecule has 3 heterocycles. The molecule has 0 saturated heterocycles. The first-order valence-electron chi connectivity index (χ1n) is 29.0. The van der Waals surface area contributed by atoms with Crippen LogP contribution in [-0.2, 0) is 17.3 Å². The minimum Gasteiger partial charge on any atom is -0.321 e. The molecule has 0 bridgehead atoms. The smallest absolute Gasteiger partial charge is 0.137 e. The number of nitrogens with zero attached hydrogens (tertiary/aromatic N) is 4. The topological polar surface area (TPSA) is 24.3 Å². The van der Waals surface area contributed by atoms with Crippen molar-refractivity contribution < 1.29 is 21.9 Å². The Hall–Kier alpha value is -6.91. The molecule has 10 rings (SSSR count). The molecule has 0 N–H and O–H groups in total. The van der Waals surface area contributed by atoms with E-state index in [9.17, 15) is 9.60 Å². The van der Waals surface area contributed by atoms with Gasteiger partial charge in [0, 0.05) is 33.8 Å². The molecule has 4 heteroatoms. The van der Waals surface area contributed by atoms with Gasteiger partial charge in [0.25, 0.3) is 0 Å². The molecule has 4 nitrogen and oxygen atoms in total. The van der Waals surface area contributed by atoms with E-state index < -0.39 is 77.9 Å². The number of aromatic nitrogens is 2. The van der Waals surface area contributed by atoms with E-state index in [1.165, 1.54) is 0 Å². The van der Waals surface area contributed by atoms with Crippen LogP contribution >= 0.6 is 0 Å². The van der Waals surface area contributed by atoms with Crippen LogP contribution in [0.3, 0.4) is 0 Å². The number of hydrogen-bond donors (Lipinski definition) is 0. The highest BCUT2D eigenvalue weighted by molar-refractivity contribution is 6.09. The average molecular weight is 837 g/mol. The second-order valence-corrected chi connectivity index (χ2v) is 18.3. The Labute approximate surface area is 395 Å². The van der Waals surface area contributed by atoms with E-state index in [1.54, 1.807) is 35.0 Å². The molecular formula is C59H56N4. The van der Waals surface area contributed by atoms with E-state index in [1.807, 2.05) is 49.1 Å². The van der Waals surface area contributed by atoms with Gasteiger partial charge in [-0.3, -0.25) is 4.57 Å². The van der Waals surface area contributed by atoms with Gasteiger partial charge in [-0.05, 0) is 124 Å². The predicted octanol–water partition coefficient (Wildman–Crippen LogP) is 15.6. The standard InChI is InChI=1S/C59H56N4/c1-39-30-54-55(31-40(39)2)62(57-48(43-18-11-9-12-19-43)23-17-24-49(57)44-20-13-10-14-21-44)38-61(54)47-34-42(33-46(36-47)59(6,7)8)32-41-26-27-51-50-22-15-16-25-52(50)63(53(51)35-41)56-37-45(28-29-60-56)58(3,4)5/h9-31,33-37H,32,38H2,1-8H3/i9D,10D,11D,12D,13D,14D,15D,16D,18D,19D,20D,21D,22D,25D,26D,27D. The van der Waals surface area contributed by atoms with E-state index in [2.05, 4.69) is 58.6 Å². The van der Waals surface area contributed by atoms with Crippen LogP contribution in [0.1, 0.15) is 96.9 Å². The average Bonchev–Trinajstić information content (AvgIpc) is 4.20. The first-order valence-corrected chi connectivity index (χ1v) is 21.0. The first-order chi connectivity index (χ1) is 37.0. The minimum atomic E-state index is -0.587. The van der Waals surface area contributed by atoms with Gasteiger partial charge in [0.05, 0.1) is 50.0 Å². The molecule has 0 aliphatic carbocycles. The SMILES string of the molecule is [2H]c1c([2H])c([2H])c(-c2cccc(-c3c([2H])c([2H])c([2H])c([2H])c3[2H])c2N2CN(c3cc(Cc4cc5c(c([2H])c4[2H])c4c([2H])c([2H])c([2H])c([2H])c4n5-c4cc(C(C)(C)C)ccn4)cc(C(C)(C)C)c3)c3cc(C)c(C)cc32)c([2H])c1[2H]. The van der Waals surface area contributed by atoms with Gasteiger partial charge >= 0.3 is 0 Å². The molecule has 1 aliphatic rings. The molecule has 63 heavy (non-hydrogen) atoms. The van der Waals surface area contributed by atoms with E-state index in [0.717, 1.165) is 27.8 Å². The monoisotopic (exact) mass is 837 g/mol. The Bertz CT molecular complexity index is 3970. The summed E-state index contributed by atoms with van der Waals surface area (Å²) < 4.78 is 145. The van der Waals surface area contributed by atoms with Gasteiger partial charge < -0.3 is 9.80 Å². The van der Waals surface area contributed by atoms with E-state index in [-0.39, 0.29) is 86.9 Å². The van der Waals surface area contributed by atoms with Crippen molar-refractivity contribution in [1.29, 1.82) is 0 Å². The second-order valence-electron chi connectivity index (χ2n) is 18.3. The Morgan fingerprint density at radius 2 is 1.16 bits per heavy atom. The summed E-state index contributed by atoms with van der Waals surface area (Å²) >= 11 is 0. The Morgan fingerprint density at radius 1 is 0.556 bits per heavy atom. The zero-order chi connectivity index (χ0) is 57.5. The molecule has 9 aromatic rings. The molecule has 2 aromatic heterocycles. The zero-order valence-electron chi connectivity index (χ0n) is 52.6. The van der Waals surface area contributed by atoms with Crippen molar-refractivity contribution in [2.45, 2.75) is 72.6 Å². The van der Waals surface area contributed by atoms with E-state index >= 15 is 0 Å². The van der Waals surface area contributed by atoms with Crippen LogP contribution in [0.25, 0.3) is 49.9 Å². The van der Waals surface area contributed by atoms with Gasteiger partial charge in [0.1, 0.15) is 12.5 Å². The maximum absolute atomic E-state index is 9.61. The molecule has 7 aromatic carbocycles.